The van der Waals surface area contributed by atoms with Crippen LogP contribution in [0.25, 0.3) is 0 Å². The molecule has 0 radical (unpaired) electrons. The lowest BCUT2D eigenvalue weighted by molar-refractivity contribution is 0.0950. The molecule has 3 aromatic rings. The van der Waals surface area contributed by atoms with Crippen molar-refractivity contribution in [3.05, 3.63) is 82.9 Å². The summed E-state index contributed by atoms with van der Waals surface area (Å²) in [5.41, 5.74) is 2.36. The number of rotatable bonds is 7. The maximum absolute atomic E-state index is 12.2. The van der Waals surface area contributed by atoms with Crippen molar-refractivity contribution < 1.29 is 14.3 Å². The summed E-state index contributed by atoms with van der Waals surface area (Å²) in [6.07, 6.45) is 4.94. The Kier molecular flexibility index (Phi) is 6.22. The van der Waals surface area contributed by atoms with Gasteiger partial charge in [-0.2, -0.15) is 0 Å². The number of ether oxygens (including phenoxy) is 2. The molecule has 1 aromatic carbocycles. The van der Waals surface area contributed by atoms with Crippen LogP contribution in [0.5, 0.6) is 11.5 Å². The van der Waals surface area contributed by atoms with Crippen LogP contribution in [0.1, 0.15) is 21.5 Å². The maximum Gasteiger partial charge on any atom is 0.251 e. The highest BCUT2D eigenvalue weighted by Crippen LogP contribution is 2.28. The van der Waals surface area contributed by atoms with Gasteiger partial charge in [0.05, 0.1) is 7.11 Å². The van der Waals surface area contributed by atoms with Crippen molar-refractivity contribution in [3.8, 4) is 11.5 Å². The van der Waals surface area contributed by atoms with Gasteiger partial charge in [0.15, 0.2) is 11.5 Å². The molecule has 2 heterocycles. The molecule has 1 amide bonds. The first kappa shape index (κ1) is 18.7. The van der Waals surface area contributed by atoms with Crippen molar-refractivity contribution in [2.45, 2.75) is 13.2 Å². The lowest BCUT2D eigenvalue weighted by Gasteiger charge is -2.13. The van der Waals surface area contributed by atoms with Gasteiger partial charge >= 0.3 is 0 Å². The molecule has 0 aliphatic heterocycles. The topological polar surface area (TPSA) is 73.3 Å². The molecule has 0 bridgehead atoms. The monoisotopic (exact) mass is 383 g/mol. The van der Waals surface area contributed by atoms with E-state index in [0.717, 1.165) is 11.1 Å². The van der Waals surface area contributed by atoms with Gasteiger partial charge in [-0.15, -0.1) is 0 Å². The van der Waals surface area contributed by atoms with Gasteiger partial charge in [0.1, 0.15) is 11.8 Å². The molecule has 7 heteroatoms. The average molecular weight is 384 g/mol. The Morgan fingerprint density at radius 3 is 2.59 bits per heavy atom. The van der Waals surface area contributed by atoms with Crippen LogP contribution in [0.3, 0.4) is 0 Å². The number of halogens is 1. The van der Waals surface area contributed by atoms with Crippen LogP contribution < -0.4 is 14.8 Å². The van der Waals surface area contributed by atoms with Crippen molar-refractivity contribution in [2.24, 2.45) is 0 Å². The van der Waals surface area contributed by atoms with Crippen LogP contribution in [0.2, 0.25) is 5.15 Å². The van der Waals surface area contributed by atoms with E-state index >= 15 is 0 Å². The molecule has 0 saturated carbocycles. The lowest BCUT2D eigenvalue weighted by Crippen LogP contribution is -2.22. The van der Waals surface area contributed by atoms with Crippen LogP contribution in [-0.4, -0.2) is 23.0 Å². The number of hydrogen-bond donors (Lipinski definition) is 1. The van der Waals surface area contributed by atoms with E-state index in [0.29, 0.717) is 30.2 Å². The zero-order valence-corrected chi connectivity index (χ0v) is 15.4. The summed E-state index contributed by atoms with van der Waals surface area (Å²) in [6.45, 7) is 0.761. The smallest absolute Gasteiger partial charge is 0.251 e. The first-order valence-electron chi connectivity index (χ1n) is 8.24. The third-order valence-corrected chi connectivity index (χ3v) is 4.02. The van der Waals surface area contributed by atoms with E-state index in [1.54, 1.807) is 25.6 Å². The van der Waals surface area contributed by atoms with Crippen LogP contribution in [0, 0.1) is 0 Å². The molecule has 0 aliphatic rings. The molecular weight excluding hydrogens is 366 g/mol. The summed E-state index contributed by atoms with van der Waals surface area (Å²) in [6, 6.07) is 12.4. The molecule has 27 heavy (non-hydrogen) atoms. The van der Waals surface area contributed by atoms with Gasteiger partial charge in [-0.1, -0.05) is 17.7 Å². The predicted octanol–water partition coefficient (Wildman–Crippen LogP) is 3.65. The first-order valence-corrected chi connectivity index (χ1v) is 8.62. The van der Waals surface area contributed by atoms with Crippen LogP contribution >= 0.6 is 11.6 Å². The molecule has 0 unspecified atom stereocenters. The van der Waals surface area contributed by atoms with Crippen molar-refractivity contribution in [2.75, 3.05) is 7.11 Å². The van der Waals surface area contributed by atoms with Crippen molar-refractivity contribution in [1.29, 1.82) is 0 Å². The number of benzene rings is 1. The van der Waals surface area contributed by atoms with E-state index in [-0.39, 0.29) is 11.1 Å². The molecule has 6 nitrogen and oxygen atoms in total. The summed E-state index contributed by atoms with van der Waals surface area (Å²) in [4.78, 5) is 20.0. The number of carbonyl (C=O) groups is 1. The van der Waals surface area contributed by atoms with E-state index in [9.17, 15) is 4.79 Å². The number of pyridine rings is 2. The molecule has 3 rings (SSSR count). The second-order valence-corrected chi connectivity index (χ2v) is 6.07. The summed E-state index contributed by atoms with van der Waals surface area (Å²) < 4.78 is 11.2. The Balaban J connectivity index is 1.62. The lowest BCUT2D eigenvalue weighted by atomic mass is 10.2. The number of amides is 1. The molecule has 1 N–H and O–H groups in total. The van der Waals surface area contributed by atoms with Crippen LogP contribution in [-0.2, 0) is 13.2 Å². The Morgan fingerprint density at radius 2 is 1.85 bits per heavy atom. The quantitative estimate of drug-likeness (QED) is 0.630. The fraction of sp³-hybridized carbons (Fsp3) is 0.150. The first-order chi connectivity index (χ1) is 13.2. The largest absolute Gasteiger partial charge is 0.493 e. The molecule has 0 atom stereocenters. The number of carbonyl (C=O) groups excluding carboxylic acids is 1. The van der Waals surface area contributed by atoms with Crippen molar-refractivity contribution >= 4 is 17.5 Å². The number of nitrogens with zero attached hydrogens (tertiary/aromatic N) is 2. The minimum atomic E-state index is -0.226. The summed E-state index contributed by atoms with van der Waals surface area (Å²) in [5.74, 6) is 1.00. The molecule has 0 fully saturated rings. The molecule has 138 valence electrons. The summed E-state index contributed by atoms with van der Waals surface area (Å²) >= 11 is 5.81. The van der Waals surface area contributed by atoms with Crippen LogP contribution in [0.15, 0.2) is 61.1 Å². The van der Waals surface area contributed by atoms with Crippen LogP contribution in [0.4, 0.5) is 0 Å². The third-order valence-electron chi connectivity index (χ3n) is 3.81. The highest BCUT2D eigenvalue weighted by atomic mass is 35.5. The number of methoxy groups -OCH3 is 1. The Hall–Kier alpha value is -3.12. The van der Waals surface area contributed by atoms with Gasteiger partial charge in [0, 0.05) is 30.7 Å². The zero-order valence-electron chi connectivity index (χ0n) is 14.7. The molecule has 0 aliphatic carbocycles. The third kappa shape index (κ3) is 5.18. The van der Waals surface area contributed by atoms with E-state index in [1.807, 2.05) is 30.3 Å². The standard InChI is InChI=1S/C20H18ClN3O3/c1-26-18-10-15(12-24-20(25)16-6-9-23-19(21)11-16)2-3-17(18)27-13-14-4-7-22-8-5-14/h2-11H,12-13H2,1H3,(H,24,25). The molecule has 0 spiro atoms. The molecule has 0 saturated heterocycles. The van der Waals surface area contributed by atoms with E-state index < -0.39 is 0 Å². The van der Waals surface area contributed by atoms with E-state index in [4.69, 9.17) is 21.1 Å². The highest BCUT2D eigenvalue weighted by Gasteiger charge is 2.09. The van der Waals surface area contributed by atoms with Crippen molar-refractivity contribution in [3.63, 3.8) is 0 Å². The second-order valence-electron chi connectivity index (χ2n) is 5.68. The second kappa shape index (κ2) is 9.00. The van der Waals surface area contributed by atoms with Crippen molar-refractivity contribution in [1.82, 2.24) is 15.3 Å². The highest BCUT2D eigenvalue weighted by molar-refractivity contribution is 6.29. The van der Waals surface area contributed by atoms with Gasteiger partial charge in [0.25, 0.3) is 5.91 Å². The van der Waals surface area contributed by atoms with E-state index in [1.165, 1.54) is 12.3 Å². The van der Waals surface area contributed by atoms with Gasteiger partial charge in [0.2, 0.25) is 0 Å². The Morgan fingerprint density at radius 1 is 1.04 bits per heavy atom. The molecular formula is C20H18ClN3O3. The SMILES string of the molecule is COc1cc(CNC(=O)c2ccnc(Cl)c2)ccc1OCc1ccncc1. The van der Waals surface area contributed by atoms with Gasteiger partial charge < -0.3 is 14.8 Å². The zero-order chi connectivity index (χ0) is 19.1. The fourth-order valence-corrected chi connectivity index (χ4v) is 2.58. The minimum absolute atomic E-state index is 0.226. The maximum atomic E-state index is 12.2. The number of aromatic nitrogens is 2. The van der Waals surface area contributed by atoms with Gasteiger partial charge in [-0.25, -0.2) is 4.98 Å². The van der Waals surface area contributed by atoms with Gasteiger partial charge in [-0.3, -0.25) is 9.78 Å². The minimum Gasteiger partial charge on any atom is -0.493 e. The predicted molar refractivity (Wildman–Crippen MR) is 102 cm³/mol. The number of hydrogen-bond acceptors (Lipinski definition) is 5. The summed E-state index contributed by atoms with van der Waals surface area (Å²) in [7, 11) is 1.58. The fourth-order valence-electron chi connectivity index (χ4n) is 2.41. The average Bonchev–Trinajstić information content (AvgIpc) is 2.71. The van der Waals surface area contributed by atoms with Gasteiger partial charge in [-0.05, 0) is 47.5 Å². The summed E-state index contributed by atoms with van der Waals surface area (Å²) in [5, 5.41) is 3.12. The Bertz CT molecular complexity index is 919. The molecule has 2 aromatic heterocycles. The van der Waals surface area contributed by atoms with E-state index in [2.05, 4.69) is 15.3 Å². The number of nitrogens with one attached hydrogen (secondary N) is 1. The normalized spacial score (nSPS) is 10.3. The Labute approximate surface area is 162 Å².